The van der Waals surface area contributed by atoms with Crippen molar-refractivity contribution in [1.82, 2.24) is 9.55 Å². The van der Waals surface area contributed by atoms with Gasteiger partial charge in [0, 0.05) is 12.1 Å². The molecule has 31 heavy (non-hydrogen) atoms. The van der Waals surface area contributed by atoms with E-state index in [-0.39, 0.29) is 23.7 Å². The number of nitro benzene ring substituents is 1. The molecule has 3 aromatic rings. The maximum Gasteiger partial charge on any atom is 0.514 e. The summed E-state index contributed by atoms with van der Waals surface area (Å²) in [6, 6.07) is 14.1. The van der Waals surface area contributed by atoms with Crippen LogP contribution in [0.5, 0.6) is 5.75 Å². The van der Waals surface area contributed by atoms with Gasteiger partial charge in [0.2, 0.25) is 0 Å². The van der Waals surface area contributed by atoms with Crippen molar-refractivity contribution in [1.29, 1.82) is 0 Å². The standard InChI is InChI=1S/C20H16N4O7/c1-22-18(13-30-20(25)31-16-10-8-15(9-11-16)23(26)27)17(21-19(22)24(28)29)12-7-14-5-3-2-4-6-14/h2-12H,13H2,1H3/b12-7+. The van der Waals surface area contributed by atoms with Crippen molar-refractivity contribution < 1.29 is 24.1 Å². The van der Waals surface area contributed by atoms with Crippen molar-refractivity contribution in [3.8, 4) is 5.75 Å². The molecule has 0 spiro atoms. The molecule has 0 aliphatic rings. The average Bonchev–Trinajstić information content (AvgIpc) is 3.07. The molecule has 11 nitrogen and oxygen atoms in total. The Morgan fingerprint density at radius 2 is 1.71 bits per heavy atom. The van der Waals surface area contributed by atoms with E-state index in [9.17, 15) is 25.0 Å². The molecular weight excluding hydrogens is 408 g/mol. The molecule has 2 aromatic carbocycles. The molecule has 158 valence electrons. The van der Waals surface area contributed by atoms with Crippen molar-refractivity contribution >= 4 is 29.9 Å². The molecule has 11 heteroatoms. The molecule has 0 aliphatic carbocycles. The zero-order chi connectivity index (χ0) is 22.4. The van der Waals surface area contributed by atoms with E-state index < -0.39 is 22.0 Å². The summed E-state index contributed by atoms with van der Waals surface area (Å²) < 4.78 is 11.2. The maximum atomic E-state index is 12.0. The number of non-ortho nitro benzene ring substituents is 1. The monoisotopic (exact) mass is 424 g/mol. The van der Waals surface area contributed by atoms with Crippen molar-refractivity contribution in [2.24, 2.45) is 7.05 Å². The van der Waals surface area contributed by atoms with E-state index in [1.54, 1.807) is 12.2 Å². The lowest BCUT2D eigenvalue weighted by Gasteiger charge is -2.05. The van der Waals surface area contributed by atoms with Gasteiger partial charge in [-0.1, -0.05) is 41.4 Å². The van der Waals surface area contributed by atoms with E-state index >= 15 is 0 Å². The Balaban J connectivity index is 1.73. The van der Waals surface area contributed by atoms with Gasteiger partial charge >= 0.3 is 12.1 Å². The minimum absolute atomic E-state index is 0.0517. The number of hydrogen-bond donors (Lipinski definition) is 0. The molecule has 0 saturated heterocycles. The van der Waals surface area contributed by atoms with E-state index in [0.29, 0.717) is 5.69 Å². The van der Waals surface area contributed by atoms with Crippen molar-refractivity contribution in [2.75, 3.05) is 0 Å². The normalized spacial score (nSPS) is 10.7. The van der Waals surface area contributed by atoms with Gasteiger partial charge in [-0.05, 0) is 28.7 Å². The van der Waals surface area contributed by atoms with Gasteiger partial charge in [-0.2, -0.15) is 0 Å². The largest absolute Gasteiger partial charge is 0.514 e. The summed E-state index contributed by atoms with van der Waals surface area (Å²) in [5.41, 5.74) is 1.26. The Bertz CT molecular complexity index is 1140. The first-order valence-corrected chi connectivity index (χ1v) is 8.87. The summed E-state index contributed by atoms with van der Waals surface area (Å²) in [6.45, 7) is -0.336. The smallest absolute Gasteiger partial charge is 0.426 e. The van der Waals surface area contributed by atoms with E-state index in [1.807, 2.05) is 30.3 Å². The predicted molar refractivity (Wildman–Crippen MR) is 109 cm³/mol. The quantitative estimate of drug-likeness (QED) is 0.239. The maximum absolute atomic E-state index is 12.0. The number of hydrogen-bond acceptors (Lipinski definition) is 8. The molecule has 0 bridgehead atoms. The van der Waals surface area contributed by atoms with Crippen LogP contribution >= 0.6 is 0 Å². The van der Waals surface area contributed by atoms with Gasteiger partial charge < -0.3 is 19.6 Å². The Labute approximate surface area is 175 Å². The van der Waals surface area contributed by atoms with E-state index in [1.165, 1.54) is 35.9 Å². The van der Waals surface area contributed by atoms with Crippen LogP contribution < -0.4 is 4.74 Å². The SMILES string of the molecule is Cn1c([N+](=O)[O-])nc(/C=C/c2ccccc2)c1COC(=O)Oc1ccc([N+](=O)[O-])cc1. The molecule has 0 saturated carbocycles. The molecule has 0 aliphatic heterocycles. The topological polar surface area (TPSA) is 140 Å². The third-order valence-corrected chi connectivity index (χ3v) is 4.19. The Morgan fingerprint density at radius 1 is 1.03 bits per heavy atom. The number of imidazole rings is 1. The van der Waals surface area contributed by atoms with Gasteiger partial charge in [0.1, 0.15) is 5.75 Å². The fourth-order valence-corrected chi connectivity index (χ4v) is 2.64. The summed E-state index contributed by atoms with van der Waals surface area (Å²) in [5, 5.41) is 21.9. The summed E-state index contributed by atoms with van der Waals surface area (Å²) in [7, 11) is 1.44. The Hall–Kier alpha value is -4.54. The second-order valence-corrected chi connectivity index (χ2v) is 6.20. The number of ether oxygens (including phenoxy) is 2. The highest BCUT2D eigenvalue weighted by Gasteiger charge is 2.25. The van der Waals surface area contributed by atoms with Crippen LogP contribution in [0.4, 0.5) is 16.4 Å². The predicted octanol–water partition coefficient (Wildman–Crippen LogP) is 4.12. The molecule has 0 atom stereocenters. The third kappa shape index (κ3) is 5.29. The number of carbonyl (C=O) groups excluding carboxylic acids is 1. The van der Waals surface area contributed by atoms with Crippen LogP contribution in [-0.4, -0.2) is 25.6 Å². The zero-order valence-electron chi connectivity index (χ0n) is 16.2. The molecule has 0 amide bonds. The van der Waals surface area contributed by atoms with Gasteiger partial charge in [-0.15, -0.1) is 0 Å². The second-order valence-electron chi connectivity index (χ2n) is 6.20. The molecule has 0 fully saturated rings. The average molecular weight is 424 g/mol. The third-order valence-electron chi connectivity index (χ3n) is 4.19. The highest BCUT2D eigenvalue weighted by atomic mass is 16.7. The Morgan fingerprint density at radius 3 is 2.32 bits per heavy atom. The molecule has 0 radical (unpaired) electrons. The highest BCUT2D eigenvalue weighted by molar-refractivity contribution is 5.70. The zero-order valence-corrected chi connectivity index (χ0v) is 16.2. The fraction of sp³-hybridized carbons (Fsp3) is 0.100. The molecule has 3 rings (SSSR count). The van der Waals surface area contributed by atoms with Gasteiger partial charge in [0.25, 0.3) is 5.69 Å². The van der Waals surface area contributed by atoms with E-state index in [0.717, 1.165) is 5.56 Å². The Kier molecular flexibility index (Phi) is 6.36. The lowest BCUT2D eigenvalue weighted by Crippen LogP contribution is -2.12. The van der Waals surface area contributed by atoms with Gasteiger partial charge in [0.15, 0.2) is 18.0 Å². The van der Waals surface area contributed by atoms with Gasteiger partial charge in [-0.25, -0.2) is 9.36 Å². The first-order chi connectivity index (χ1) is 14.8. The van der Waals surface area contributed by atoms with Crippen LogP contribution in [-0.2, 0) is 18.4 Å². The van der Waals surface area contributed by atoms with E-state index in [4.69, 9.17) is 9.47 Å². The number of nitro groups is 2. The summed E-state index contributed by atoms with van der Waals surface area (Å²) in [6.07, 6.45) is 2.24. The fourth-order valence-electron chi connectivity index (χ4n) is 2.64. The summed E-state index contributed by atoms with van der Waals surface area (Å²) >= 11 is 0. The number of aromatic nitrogens is 2. The van der Waals surface area contributed by atoms with Crippen LogP contribution in [0.3, 0.4) is 0 Å². The molecule has 1 heterocycles. The van der Waals surface area contributed by atoms with Gasteiger partial charge in [0.05, 0.1) is 12.0 Å². The van der Waals surface area contributed by atoms with Crippen LogP contribution in [0.2, 0.25) is 0 Å². The summed E-state index contributed by atoms with van der Waals surface area (Å²) in [5.74, 6) is -0.356. The van der Waals surface area contributed by atoms with Crippen molar-refractivity contribution in [2.45, 2.75) is 6.61 Å². The number of benzene rings is 2. The van der Waals surface area contributed by atoms with Crippen LogP contribution in [0, 0.1) is 20.2 Å². The highest BCUT2D eigenvalue weighted by Crippen LogP contribution is 2.21. The molecular formula is C20H16N4O7. The van der Waals surface area contributed by atoms with E-state index in [2.05, 4.69) is 4.98 Å². The number of nitrogens with zero attached hydrogens (tertiary/aromatic N) is 4. The minimum atomic E-state index is -1.07. The first kappa shape index (κ1) is 21.2. The lowest BCUT2D eigenvalue weighted by atomic mass is 10.2. The molecule has 0 N–H and O–H groups in total. The van der Waals surface area contributed by atoms with Crippen molar-refractivity contribution in [3.63, 3.8) is 0 Å². The van der Waals surface area contributed by atoms with Crippen molar-refractivity contribution in [3.05, 3.63) is 91.8 Å². The number of rotatable bonds is 7. The second kappa shape index (κ2) is 9.31. The first-order valence-electron chi connectivity index (χ1n) is 8.87. The van der Waals surface area contributed by atoms with Crippen LogP contribution in [0.15, 0.2) is 54.6 Å². The summed E-state index contributed by atoms with van der Waals surface area (Å²) in [4.78, 5) is 36.7. The number of carbonyl (C=O) groups is 1. The molecule has 0 unspecified atom stereocenters. The molecule has 1 aromatic heterocycles. The lowest BCUT2D eigenvalue weighted by molar-refractivity contribution is -0.396. The van der Waals surface area contributed by atoms with Gasteiger partial charge in [-0.3, -0.25) is 10.1 Å². The van der Waals surface area contributed by atoms with Crippen LogP contribution in [0.25, 0.3) is 12.2 Å². The van der Waals surface area contributed by atoms with Crippen LogP contribution in [0.1, 0.15) is 17.0 Å². The minimum Gasteiger partial charge on any atom is -0.426 e.